The molecule has 0 saturated carbocycles. The molecule has 4 aromatic rings. The first-order valence-electron chi connectivity index (χ1n) is 9.89. The molecular weight excluding hydrogens is 392 g/mol. The molecule has 2 aromatic heterocycles. The zero-order valence-corrected chi connectivity index (χ0v) is 17.3. The van der Waals surface area contributed by atoms with E-state index >= 15 is 0 Å². The van der Waals surface area contributed by atoms with Crippen molar-refractivity contribution >= 4 is 11.6 Å². The van der Waals surface area contributed by atoms with Crippen LogP contribution < -0.4 is 4.90 Å². The number of imidazole rings is 1. The first-order valence-corrected chi connectivity index (χ1v) is 9.89. The molecule has 0 unspecified atom stereocenters. The Kier molecular flexibility index (Phi) is 5.70. The summed E-state index contributed by atoms with van der Waals surface area (Å²) in [5.74, 6) is 1.26. The summed E-state index contributed by atoms with van der Waals surface area (Å²) < 4.78 is 1.62. The zero-order chi connectivity index (χ0) is 21.8. The summed E-state index contributed by atoms with van der Waals surface area (Å²) in [6.07, 6.45) is 3.27. The van der Waals surface area contributed by atoms with Crippen LogP contribution in [-0.4, -0.2) is 24.4 Å². The van der Waals surface area contributed by atoms with Gasteiger partial charge in [-0.1, -0.05) is 60.7 Å². The van der Waals surface area contributed by atoms with Gasteiger partial charge in [0.2, 0.25) is 11.8 Å². The van der Waals surface area contributed by atoms with Crippen LogP contribution in [0, 0.1) is 24.0 Å². The molecule has 156 valence electrons. The van der Waals surface area contributed by atoms with Gasteiger partial charge in [-0.2, -0.15) is 4.98 Å². The predicted molar refractivity (Wildman–Crippen MR) is 118 cm³/mol. The molecule has 0 aliphatic rings. The Morgan fingerprint density at radius 1 is 0.935 bits per heavy atom. The minimum absolute atomic E-state index is 0.121. The molecule has 0 amide bonds. The number of benzene rings is 2. The summed E-state index contributed by atoms with van der Waals surface area (Å²) >= 11 is 0. The molecule has 0 fully saturated rings. The van der Waals surface area contributed by atoms with Gasteiger partial charge in [-0.3, -0.25) is 14.7 Å². The Morgan fingerprint density at radius 3 is 2.00 bits per heavy atom. The van der Waals surface area contributed by atoms with Crippen molar-refractivity contribution in [1.82, 2.24) is 19.5 Å². The van der Waals surface area contributed by atoms with Crippen LogP contribution in [0.2, 0.25) is 0 Å². The summed E-state index contributed by atoms with van der Waals surface area (Å²) in [5.41, 5.74) is 2.38. The van der Waals surface area contributed by atoms with E-state index < -0.39 is 4.92 Å². The lowest BCUT2D eigenvalue weighted by atomic mass is 10.2. The number of aromatic nitrogens is 4. The van der Waals surface area contributed by atoms with Crippen molar-refractivity contribution in [2.45, 2.75) is 26.9 Å². The smallest absolute Gasteiger partial charge is 0.332 e. The lowest BCUT2D eigenvalue weighted by Gasteiger charge is -2.24. The van der Waals surface area contributed by atoms with Gasteiger partial charge >= 0.3 is 5.69 Å². The second kappa shape index (κ2) is 8.74. The molecular formula is C23H22N6O2. The second-order valence-electron chi connectivity index (χ2n) is 7.21. The predicted octanol–water partition coefficient (Wildman–Crippen LogP) is 4.39. The first kappa shape index (κ1) is 20.2. The van der Waals surface area contributed by atoms with Crippen LogP contribution >= 0.6 is 0 Å². The van der Waals surface area contributed by atoms with E-state index in [4.69, 9.17) is 0 Å². The molecule has 0 bridgehead atoms. The maximum absolute atomic E-state index is 11.8. The van der Waals surface area contributed by atoms with Gasteiger partial charge in [-0.15, -0.1) is 0 Å². The third kappa shape index (κ3) is 4.42. The van der Waals surface area contributed by atoms with Crippen LogP contribution in [0.15, 0.2) is 73.1 Å². The number of nitrogens with zero attached hydrogens (tertiary/aromatic N) is 6. The van der Waals surface area contributed by atoms with Crippen molar-refractivity contribution in [3.63, 3.8) is 0 Å². The highest BCUT2D eigenvalue weighted by molar-refractivity contribution is 5.55. The molecule has 0 aliphatic heterocycles. The monoisotopic (exact) mass is 414 g/mol. The quantitative estimate of drug-likeness (QED) is 0.329. The third-order valence-corrected chi connectivity index (χ3v) is 4.98. The zero-order valence-electron chi connectivity index (χ0n) is 17.3. The van der Waals surface area contributed by atoms with Crippen LogP contribution in [-0.2, 0) is 13.1 Å². The Hall–Kier alpha value is -4.07. The Labute approximate surface area is 180 Å². The molecule has 31 heavy (non-hydrogen) atoms. The van der Waals surface area contributed by atoms with Gasteiger partial charge in [-0.05, 0) is 25.0 Å². The van der Waals surface area contributed by atoms with E-state index in [1.54, 1.807) is 30.8 Å². The van der Waals surface area contributed by atoms with Crippen LogP contribution in [0.4, 0.5) is 11.6 Å². The molecule has 0 atom stereocenters. The van der Waals surface area contributed by atoms with Crippen molar-refractivity contribution < 1.29 is 4.92 Å². The van der Waals surface area contributed by atoms with E-state index in [0.717, 1.165) is 11.1 Å². The topological polar surface area (TPSA) is 90.0 Å². The minimum Gasteiger partial charge on any atom is -0.332 e. The number of aryl methyl sites for hydroxylation is 2. The van der Waals surface area contributed by atoms with Crippen molar-refractivity contribution in [3.8, 4) is 5.82 Å². The van der Waals surface area contributed by atoms with Gasteiger partial charge in [0, 0.05) is 25.5 Å². The van der Waals surface area contributed by atoms with E-state index in [0.29, 0.717) is 30.6 Å². The molecule has 0 spiro atoms. The number of anilines is 1. The van der Waals surface area contributed by atoms with E-state index in [2.05, 4.69) is 15.0 Å². The standard InChI is InChI=1S/C23H22N6O2/c1-17-21(29(30)31)22(28-14-13-24-18(28)2)26-23(25-17)27(15-19-9-5-3-6-10-19)16-20-11-7-4-8-12-20/h3-14H,15-16H2,1-2H3. The molecule has 2 aromatic carbocycles. The van der Waals surface area contributed by atoms with Gasteiger partial charge in [0.25, 0.3) is 0 Å². The fourth-order valence-corrected chi connectivity index (χ4v) is 3.47. The van der Waals surface area contributed by atoms with Crippen LogP contribution in [0.3, 0.4) is 0 Å². The largest absolute Gasteiger partial charge is 0.333 e. The lowest BCUT2D eigenvalue weighted by Crippen LogP contribution is -2.25. The molecule has 2 heterocycles. The van der Waals surface area contributed by atoms with E-state index in [-0.39, 0.29) is 11.5 Å². The number of rotatable bonds is 7. The molecule has 0 radical (unpaired) electrons. The Morgan fingerprint density at radius 2 is 1.52 bits per heavy atom. The highest BCUT2D eigenvalue weighted by atomic mass is 16.6. The van der Waals surface area contributed by atoms with E-state index in [1.165, 1.54) is 0 Å². The first-order chi connectivity index (χ1) is 15.0. The number of hydrogen-bond donors (Lipinski definition) is 0. The summed E-state index contributed by atoms with van der Waals surface area (Å²) in [5, 5.41) is 11.8. The number of nitro groups is 1. The van der Waals surface area contributed by atoms with Crippen molar-refractivity contribution in [3.05, 3.63) is 106 Å². The SMILES string of the molecule is Cc1nc(N(Cc2ccccc2)Cc2ccccc2)nc(-n2ccnc2C)c1[N+](=O)[O-]. The van der Waals surface area contributed by atoms with Gasteiger partial charge in [-0.25, -0.2) is 9.97 Å². The summed E-state index contributed by atoms with van der Waals surface area (Å²) in [4.78, 5) is 26.8. The van der Waals surface area contributed by atoms with Gasteiger partial charge in [0.15, 0.2) is 0 Å². The van der Waals surface area contributed by atoms with Crippen LogP contribution in [0.1, 0.15) is 22.6 Å². The highest BCUT2D eigenvalue weighted by Crippen LogP contribution is 2.28. The van der Waals surface area contributed by atoms with Gasteiger partial charge in [0.05, 0.1) is 4.92 Å². The van der Waals surface area contributed by atoms with Crippen molar-refractivity contribution in [1.29, 1.82) is 0 Å². The minimum atomic E-state index is -0.438. The van der Waals surface area contributed by atoms with Crippen LogP contribution in [0.5, 0.6) is 0 Å². The van der Waals surface area contributed by atoms with Crippen LogP contribution in [0.25, 0.3) is 5.82 Å². The lowest BCUT2D eigenvalue weighted by molar-refractivity contribution is -0.385. The molecule has 8 heteroatoms. The number of hydrogen-bond acceptors (Lipinski definition) is 6. The van der Waals surface area contributed by atoms with Gasteiger partial charge < -0.3 is 4.90 Å². The summed E-state index contributed by atoms with van der Waals surface area (Å²) in [7, 11) is 0. The molecule has 8 nitrogen and oxygen atoms in total. The summed E-state index contributed by atoms with van der Waals surface area (Å²) in [6.45, 7) is 4.56. The summed E-state index contributed by atoms with van der Waals surface area (Å²) in [6, 6.07) is 20.0. The maximum atomic E-state index is 11.8. The average Bonchev–Trinajstić information content (AvgIpc) is 3.19. The van der Waals surface area contributed by atoms with Gasteiger partial charge in [0.1, 0.15) is 11.5 Å². The maximum Gasteiger partial charge on any atom is 0.333 e. The van der Waals surface area contributed by atoms with E-state index in [1.807, 2.05) is 65.6 Å². The highest BCUT2D eigenvalue weighted by Gasteiger charge is 2.26. The second-order valence-corrected chi connectivity index (χ2v) is 7.21. The molecule has 0 N–H and O–H groups in total. The molecule has 0 aliphatic carbocycles. The fourth-order valence-electron chi connectivity index (χ4n) is 3.47. The fraction of sp³-hybridized carbons (Fsp3) is 0.174. The normalized spacial score (nSPS) is 10.8. The van der Waals surface area contributed by atoms with E-state index in [9.17, 15) is 10.1 Å². The molecule has 4 rings (SSSR count). The Balaban J connectivity index is 1.83. The van der Waals surface area contributed by atoms with Crippen molar-refractivity contribution in [2.24, 2.45) is 0 Å². The van der Waals surface area contributed by atoms with Crippen molar-refractivity contribution in [2.75, 3.05) is 4.90 Å². The molecule has 0 saturated heterocycles. The average molecular weight is 414 g/mol. The third-order valence-electron chi connectivity index (χ3n) is 4.98. The Bertz CT molecular complexity index is 1150.